The van der Waals surface area contributed by atoms with Gasteiger partial charge in [-0.1, -0.05) is 41.9 Å². The molecule has 4 rings (SSSR count). The topological polar surface area (TPSA) is 106 Å². The van der Waals surface area contributed by atoms with Crippen LogP contribution in [0.1, 0.15) is 18.5 Å². The van der Waals surface area contributed by atoms with E-state index in [1.807, 2.05) is 18.2 Å². The lowest BCUT2D eigenvalue weighted by Gasteiger charge is -2.28. The quantitative estimate of drug-likeness (QED) is 0.646. The van der Waals surface area contributed by atoms with Crippen LogP contribution >= 0.6 is 11.6 Å². The standard InChI is InChI=1S/C19H16ClN5O2/c1-10-15(17(21)27)16(13-7-2-3-8-14(13)20)25-19(22-10)23-18(24-25)11-5-4-6-12(26)9-11/h2-9,16,26H,1H3,(H2,21,27)(H,22,23,24)/t16-/m0/s1. The first-order chi connectivity index (χ1) is 13.0. The zero-order chi connectivity index (χ0) is 19.1. The van der Waals surface area contributed by atoms with Gasteiger partial charge in [0.1, 0.15) is 11.8 Å². The maximum atomic E-state index is 12.2. The number of phenolic OH excluding ortho intramolecular Hbond substituents is 1. The van der Waals surface area contributed by atoms with Gasteiger partial charge in [-0.05, 0) is 25.1 Å². The van der Waals surface area contributed by atoms with Crippen molar-refractivity contribution in [2.45, 2.75) is 13.0 Å². The molecule has 0 aliphatic carbocycles. The number of aromatic nitrogens is 3. The van der Waals surface area contributed by atoms with Gasteiger partial charge in [-0.25, -0.2) is 4.68 Å². The first-order valence-electron chi connectivity index (χ1n) is 8.23. The van der Waals surface area contributed by atoms with Gasteiger partial charge in [0.25, 0.3) is 0 Å². The average molecular weight is 382 g/mol. The number of benzene rings is 2. The van der Waals surface area contributed by atoms with Crippen LogP contribution in [-0.4, -0.2) is 25.8 Å². The summed E-state index contributed by atoms with van der Waals surface area (Å²) < 4.78 is 1.59. The minimum absolute atomic E-state index is 0.114. The number of nitrogens with zero attached hydrogens (tertiary/aromatic N) is 3. The van der Waals surface area contributed by atoms with Gasteiger partial charge in [-0.3, -0.25) is 4.79 Å². The highest BCUT2D eigenvalue weighted by atomic mass is 35.5. The van der Waals surface area contributed by atoms with Crippen molar-refractivity contribution in [3.63, 3.8) is 0 Å². The van der Waals surface area contributed by atoms with Crippen molar-refractivity contribution < 1.29 is 9.90 Å². The number of halogens is 1. The van der Waals surface area contributed by atoms with Gasteiger partial charge in [-0.15, -0.1) is 5.10 Å². The Hall–Kier alpha value is -3.32. The molecule has 0 spiro atoms. The van der Waals surface area contributed by atoms with E-state index < -0.39 is 11.9 Å². The highest BCUT2D eigenvalue weighted by Crippen LogP contribution is 2.38. The van der Waals surface area contributed by atoms with E-state index in [9.17, 15) is 9.90 Å². The fourth-order valence-electron chi connectivity index (χ4n) is 3.22. The lowest BCUT2D eigenvalue weighted by atomic mass is 9.95. The fraction of sp³-hybridized carbons (Fsp3) is 0.105. The summed E-state index contributed by atoms with van der Waals surface area (Å²) >= 11 is 6.40. The SMILES string of the molecule is CC1=C(C(N)=O)[C@H](c2ccccc2Cl)n2nc(-c3cccc(O)c3)nc2N1. The number of fused-ring (bicyclic) bond motifs is 1. The second-order valence-corrected chi connectivity index (χ2v) is 6.61. The van der Waals surface area contributed by atoms with Crippen LogP contribution in [0.4, 0.5) is 5.95 Å². The van der Waals surface area contributed by atoms with Crippen LogP contribution in [0.5, 0.6) is 5.75 Å². The molecule has 0 saturated heterocycles. The molecule has 1 aromatic heterocycles. The van der Waals surface area contributed by atoms with Crippen molar-refractivity contribution in [1.82, 2.24) is 14.8 Å². The molecule has 0 saturated carbocycles. The fourth-order valence-corrected chi connectivity index (χ4v) is 3.46. The summed E-state index contributed by atoms with van der Waals surface area (Å²) in [5.41, 5.74) is 7.96. The Balaban J connectivity index is 1.92. The van der Waals surface area contributed by atoms with Crippen LogP contribution < -0.4 is 11.1 Å². The minimum Gasteiger partial charge on any atom is -0.508 e. The third kappa shape index (κ3) is 2.92. The van der Waals surface area contributed by atoms with Gasteiger partial charge in [0.15, 0.2) is 5.82 Å². The monoisotopic (exact) mass is 381 g/mol. The molecule has 0 bridgehead atoms. The summed E-state index contributed by atoms with van der Waals surface area (Å²) in [6, 6.07) is 13.3. The van der Waals surface area contributed by atoms with Crippen molar-refractivity contribution in [3.05, 3.63) is 70.4 Å². The van der Waals surface area contributed by atoms with Crippen molar-refractivity contribution in [2.75, 3.05) is 5.32 Å². The molecule has 4 N–H and O–H groups in total. The first-order valence-corrected chi connectivity index (χ1v) is 8.61. The highest BCUT2D eigenvalue weighted by Gasteiger charge is 2.34. The van der Waals surface area contributed by atoms with Gasteiger partial charge in [0.2, 0.25) is 11.9 Å². The molecule has 136 valence electrons. The molecule has 2 heterocycles. The lowest BCUT2D eigenvalue weighted by Crippen LogP contribution is -2.32. The van der Waals surface area contributed by atoms with E-state index >= 15 is 0 Å². The molecular formula is C19H16ClN5O2. The zero-order valence-electron chi connectivity index (χ0n) is 14.3. The number of nitrogens with one attached hydrogen (secondary N) is 1. The van der Waals surface area contributed by atoms with E-state index in [0.29, 0.717) is 39.2 Å². The van der Waals surface area contributed by atoms with Crippen LogP contribution in [0, 0.1) is 0 Å². The lowest BCUT2D eigenvalue weighted by molar-refractivity contribution is -0.115. The average Bonchev–Trinajstić information content (AvgIpc) is 3.04. The van der Waals surface area contributed by atoms with Gasteiger partial charge < -0.3 is 16.2 Å². The Kier molecular flexibility index (Phi) is 4.08. The van der Waals surface area contributed by atoms with Gasteiger partial charge in [0.05, 0.1) is 5.57 Å². The zero-order valence-corrected chi connectivity index (χ0v) is 15.1. The molecule has 3 aromatic rings. The summed E-state index contributed by atoms with van der Waals surface area (Å²) in [7, 11) is 0. The molecular weight excluding hydrogens is 366 g/mol. The van der Waals surface area contributed by atoms with Crippen LogP contribution in [-0.2, 0) is 4.79 Å². The Morgan fingerprint density at radius 3 is 2.74 bits per heavy atom. The Labute approximate surface area is 160 Å². The summed E-state index contributed by atoms with van der Waals surface area (Å²) in [4.78, 5) is 16.7. The second kappa shape index (κ2) is 6.44. The predicted molar refractivity (Wildman–Crippen MR) is 102 cm³/mol. The Bertz CT molecular complexity index is 1090. The molecule has 2 aromatic carbocycles. The largest absolute Gasteiger partial charge is 0.508 e. The summed E-state index contributed by atoms with van der Waals surface area (Å²) in [6.07, 6.45) is 0. The minimum atomic E-state index is -0.606. The van der Waals surface area contributed by atoms with Crippen LogP contribution in [0.25, 0.3) is 11.4 Å². The third-order valence-electron chi connectivity index (χ3n) is 4.42. The number of aromatic hydroxyl groups is 1. The second-order valence-electron chi connectivity index (χ2n) is 6.21. The molecule has 0 unspecified atom stereocenters. The first kappa shape index (κ1) is 17.1. The number of carbonyl (C=O) groups excluding carboxylic acids is 1. The van der Waals surface area contributed by atoms with Gasteiger partial charge in [-0.2, -0.15) is 4.98 Å². The van der Waals surface area contributed by atoms with E-state index in [1.54, 1.807) is 41.9 Å². The molecule has 7 nitrogen and oxygen atoms in total. The molecule has 1 aliphatic heterocycles. The Morgan fingerprint density at radius 1 is 1.26 bits per heavy atom. The molecule has 0 radical (unpaired) electrons. The van der Waals surface area contributed by atoms with E-state index in [1.165, 1.54) is 0 Å². The molecule has 0 fully saturated rings. The predicted octanol–water partition coefficient (Wildman–Crippen LogP) is 3.08. The van der Waals surface area contributed by atoms with Crippen molar-refractivity contribution >= 4 is 23.5 Å². The number of amides is 1. The number of anilines is 1. The number of nitrogens with two attached hydrogens (primary N) is 1. The number of primary amides is 1. The maximum absolute atomic E-state index is 12.2. The maximum Gasteiger partial charge on any atom is 0.248 e. The number of phenols is 1. The summed E-state index contributed by atoms with van der Waals surface area (Å²) in [5, 5.41) is 17.9. The molecule has 8 heteroatoms. The van der Waals surface area contributed by atoms with Gasteiger partial charge in [0, 0.05) is 21.8 Å². The molecule has 1 amide bonds. The number of hydrogen-bond donors (Lipinski definition) is 3. The van der Waals surface area contributed by atoms with E-state index in [2.05, 4.69) is 15.4 Å². The van der Waals surface area contributed by atoms with Crippen LogP contribution in [0.3, 0.4) is 0 Å². The van der Waals surface area contributed by atoms with Crippen molar-refractivity contribution in [2.24, 2.45) is 5.73 Å². The van der Waals surface area contributed by atoms with E-state index in [0.717, 1.165) is 0 Å². The van der Waals surface area contributed by atoms with Crippen molar-refractivity contribution in [3.8, 4) is 17.1 Å². The smallest absolute Gasteiger partial charge is 0.248 e. The van der Waals surface area contributed by atoms with Crippen LogP contribution in [0.15, 0.2) is 59.8 Å². The number of rotatable bonds is 3. The summed E-state index contributed by atoms with van der Waals surface area (Å²) in [6.45, 7) is 1.76. The number of hydrogen-bond acceptors (Lipinski definition) is 5. The highest BCUT2D eigenvalue weighted by molar-refractivity contribution is 6.31. The normalized spacial score (nSPS) is 16.0. The van der Waals surface area contributed by atoms with Crippen molar-refractivity contribution in [1.29, 1.82) is 0 Å². The number of allylic oxidation sites excluding steroid dienone is 1. The molecule has 1 atom stereocenters. The third-order valence-corrected chi connectivity index (χ3v) is 4.77. The van der Waals surface area contributed by atoms with Gasteiger partial charge >= 0.3 is 0 Å². The summed E-state index contributed by atoms with van der Waals surface area (Å²) in [5.74, 6) is 0.415. The molecule has 27 heavy (non-hydrogen) atoms. The Morgan fingerprint density at radius 2 is 2.04 bits per heavy atom. The van der Waals surface area contributed by atoms with E-state index in [-0.39, 0.29) is 5.75 Å². The van der Waals surface area contributed by atoms with E-state index in [4.69, 9.17) is 17.3 Å². The van der Waals surface area contributed by atoms with Crippen LogP contribution in [0.2, 0.25) is 5.02 Å². The number of carbonyl (C=O) groups is 1. The molecule has 1 aliphatic rings.